The first-order chi connectivity index (χ1) is 16.6. The number of hydrogen-bond acceptors (Lipinski definition) is 5. The fourth-order valence-corrected chi connectivity index (χ4v) is 4.64. The van der Waals surface area contributed by atoms with E-state index in [1.165, 1.54) is 0 Å². The molecule has 9 nitrogen and oxygen atoms in total. The van der Waals surface area contributed by atoms with Crippen LogP contribution in [0, 0.1) is 0 Å². The number of nitrogens with one attached hydrogen (secondary N) is 1. The molecule has 2 aliphatic rings. The van der Waals surface area contributed by atoms with E-state index < -0.39 is 12.0 Å². The number of rotatable bonds is 4. The number of nitrogens with two attached hydrogens (primary N) is 1. The number of benzene rings is 2. The largest absolute Gasteiger partial charge is 0.481 e. The molecule has 4 N–H and O–H groups in total. The quantitative estimate of drug-likeness (QED) is 0.565. The number of aliphatic carboxylic acids is 1. The Labute approximate surface area is 214 Å². The maximum absolute atomic E-state index is 12.7. The third-order valence-corrected chi connectivity index (χ3v) is 6.42. The van der Waals surface area contributed by atoms with Crippen molar-refractivity contribution in [1.82, 2.24) is 9.80 Å². The highest BCUT2D eigenvalue weighted by atomic mass is 35.5. The minimum absolute atomic E-state index is 0.0488. The van der Waals surface area contributed by atoms with Crippen LogP contribution in [0.1, 0.15) is 23.7 Å². The molecular weight excluding hydrogens is 493 g/mol. The Hall–Kier alpha value is -3.01. The normalized spacial score (nSPS) is 18.0. The SMILES string of the molecule is CC(=O)O.NC(=O)Nc1cc(Cl)ccc1N1CCC(N2CCN(C(=O)c3ccc(Cl)cc3)CC2)C1. The zero-order valence-corrected chi connectivity index (χ0v) is 20.9. The van der Waals surface area contributed by atoms with Gasteiger partial charge in [-0.3, -0.25) is 14.5 Å². The van der Waals surface area contributed by atoms with Gasteiger partial charge in [-0.15, -0.1) is 0 Å². The molecule has 0 aromatic heterocycles. The average Bonchev–Trinajstić information content (AvgIpc) is 3.28. The Morgan fingerprint density at radius 3 is 2.17 bits per heavy atom. The second-order valence-corrected chi connectivity index (χ2v) is 9.27. The second kappa shape index (κ2) is 12.1. The molecule has 0 aliphatic carbocycles. The summed E-state index contributed by atoms with van der Waals surface area (Å²) in [6, 6.07) is 12.3. The van der Waals surface area contributed by atoms with Crippen molar-refractivity contribution in [2.24, 2.45) is 5.73 Å². The number of carboxylic acids is 1. The molecule has 0 radical (unpaired) electrons. The van der Waals surface area contributed by atoms with Gasteiger partial charge in [0.15, 0.2) is 0 Å². The van der Waals surface area contributed by atoms with Crippen LogP contribution >= 0.6 is 23.2 Å². The molecule has 4 rings (SSSR count). The van der Waals surface area contributed by atoms with Gasteiger partial charge in [-0.05, 0) is 48.9 Å². The van der Waals surface area contributed by atoms with E-state index in [4.69, 9.17) is 38.8 Å². The van der Waals surface area contributed by atoms with Gasteiger partial charge in [-0.2, -0.15) is 0 Å². The summed E-state index contributed by atoms with van der Waals surface area (Å²) in [5.74, 6) is -0.785. The van der Waals surface area contributed by atoms with Crippen LogP contribution in [-0.2, 0) is 4.79 Å². The number of carbonyl (C=O) groups excluding carboxylic acids is 2. The third-order valence-electron chi connectivity index (χ3n) is 5.93. The van der Waals surface area contributed by atoms with E-state index >= 15 is 0 Å². The summed E-state index contributed by atoms with van der Waals surface area (Å²) in [5.41, 5.74) is 7.53. The predicted molar refractivity (Wildman–Crippen MR) is 138 cm³/mol. The van der Waals surface area contributed by atoms with E-state index in [2.05, 4.69) is 15.1 Å². The lowest BCUT2D eigenvalue weighted by molar-refractivity contribution is -0.134. The van der Waals surface area contributed by atoms with Crippen molar-refractivity contribution in [3.8, 4) is 0 Å². The van der Waals surface area contributed by atoms with E-state index in [1.54, 1.807) is 30.3 Å². The molecule has 1 atom stereocenters. The highest BCUT2D eigenvalue weighted by Gasteiger charge is 2.32. The molecule has 2 fully saturated rings. The molecule has 2 saturated heterocycles. The Balaban J connectivity index is 0.000000795. The molecule has 2 aromatic rings. The van der Waals surface area contributed by atoms with Crippen LogP contribution in [0.4, 0.5) is 16.2 Å². The van der Waals surface area contributed by atoms with Crippen molar-refractivity contribution in [3.63, 3.8) is 0 Å². The number of hydrogen-bond donors (Lipinski definition) is 3. The van der Waals surface area contributed by atoms with Gasteiger partial charge in [-0.25, -0.2) is 4.79 Å². The summed E-state index contributed by atoms with van der Waals surface area (Å²) < 4.78 is 0. The molecular formula is C24H29Cl2N5O4. The van der Waals surface area contributed by atoms with Crippen molar-refractivity contribution < 1.29 is 19.5 Å². The molecule has 2 aromatic carbocycles. The number of urea groups is 1. The van der Waals surface area contributed by atoms with Crippen LogP contribution in [0.15, 0.2) is 42.5 Å². The lowest BCUT2D eigenvalue weighted by Crippen LogP contribution is -2.52. The minimum atomic E-state index is -0.833. The highest BCUT2D eigenvalue weighted by molar-refractivity contribution is 6.31. The Kier molecular flexibility index (Phi) is 9.20. The molecule has 0 saturated carbocycles. The maximum Gasteiger partial charge on any atom is 0.316 e. The summed E-state index contributed by atoms with van der Waals surface area (Å²) in [6.45, 7) is 5.89. The number of amides is 3. The smallest absolute Gasteiger partial charge is 0.316 e. The topological polar surface area (TPSA) is 119 Å². The average molecular weight is 522 g/mol. The van der Waals surface area contributed by atoms with Crippen LogP contribution in [0.2, 0.25) is 10.0 Å². The second-order valence-electron chi connectivity index (χ2n) is 8.39. The monoisotopic (exact) mass is 521 g/mol. The number of carboxylic acid groups (broad SMARTS) is 1. The van der Waals surface area contributed by atoms with Gasteiger partial charge in [0.2, 0.25) is 0 Å². The standard InChI is InChI=1S/C22H25Cl2N5O2.C2H4O2/c23-16-3-1-15(2-4-16)21(30)28-11-9-27(10-12-28)18-7-8-29(14-18)20-6-5-17(24)13-19(20)26-22(25)31;1-2(3)4/h1-6,13,18H,7-12,14H2,(H3,25,26,31);1H3,(H,3,4). The number of halogens is 2. The van der Waals surface area contributed by atoms with Crippen LogP contribution in [0.3, 0.4) is 0 Å². The first kappa shape index (κ1) is 26.6. The molecule has 35 heavy (non-hydrogen) atoms. The van der Waals surface area contributed by atoms with Crippen LogP contribution in [0.25, 0.3) is 0 Å². The van der Waals surface area contributed by atoms with Crippen LogP contribution in [0.5, 0.6) is 0 Å². The van der Waals surface area contributed by atoms with Crippen molar-refractivity contribution in [1.29, 1.82) is 0 Å². The summed E-state index contributed by atoms with van der Waals surface area (Å²) in [5, 5.41) is 11.3. The zero-order chi connectivity index (χ0) is 25.5. The number of anilines is 2. The van der Waals surface area contributed by atoms with Gasteiger partial charge in [0.1, 0.15) is 0 Å². The van der Waals surface area contributed by atoms with Gasteiger partial charge in [0.05, 0.1) is 11.4 Å². The summed E-state index contributed by atoms with van der Waals surface area (Å²) in [6.07, 6.45) is 1.02. The van der Waals surface area contributed by atoms with Crippen LogP contribution < -0.4 is 16.0 Å². The number of nitrogens with zero attached hydrogens (tertiary/aromatic N) is 3. The van der Waals surface area contributed by atoms with Crippen LogP contribution in [-0.4, -0.2) is 78.1 Å². The molecule has 3 amide bonds. The van der Waals surface area contributed by atoms with Gasteiger partial charge in [0, 0.05) is 67.8 Å². The molecule has 0 bridgehead atoms. The van der Waals surface area contributed by atoms with E-state index in [0.29, 0.717) is 40.4 Å². The van der Waals surface area contributed by atoms with Gasteiger partial charge in [0.25, 0.3) is 11.9 Å². The van der Waals surface area contributed by atoms with Gasteiger partial charge >= 0.3 is 6.03 Å². The van der Waals surface area contributed by atoms with Crippen molar-refractivity contribution >= 4 is 52.5 Å². The van der Waals surface area contributed by atoms with Gasteiger partial charge in [-0.1, -0.05) is 23.2 Å². The maximum atomic E-state index is 12.7. The van der Waals surface area contributed by atoms with Crippen molar-refractivity contribution in [2.45, 2.75) is 19.4 Å². The Morgan fingerprint density at radius 2 is 1.57 bits per heavy atom. The van der Waals surface area contributed by atoms with E-state index in [-0.39, 0.29) is 5.91 Å². The van der Waals surface area contributed by atoms with E-state index in [1.807, 2.05) is 17.0 Å². The molecule has 1 unspecified atom stereocenters. The van der Waals surface area contributed by atoms with E-state index in [0.717, 1.165) is 45.2 Å². The molecule has 0 spiro atoms. The molecule has 2 aliphatic heterocycles. The third kappa shape index (κ3) is 7.48. The summed E-state index contributed by atoms with van der Waals surface area (Å²) >= 11 is 12.0. The lowest BCUT2D eigenvalue weighted by atomic mass is 10.1. The summed E-state index contributed by atoms with van der Waals surface area (Å²) in [4.78, 5) is 39.7. The van der Waals surface area contributed by atoms with E-state index in [9.17, 15) is 9.59 Å². The first-order valence-electron chi connectivity index (χ1n) is 11.2. The fourth-order valence-electron chi connectivity index (χ4n) is 4.34. The molecule has 2 heterocycles. The number of primary amides is 1. The number of carbonyl (C=O) groups is 3. The molecule has 188 valence electrons. The van der Waals surface area contributed by atoms with Crippen molar-refractivity contribution in [3.05, 3.63) is 58.1 Å². The number of piperazine rings is 1. The fraction of sp³-hybridized carbons (Fsp3) is 0.375. The lowest BCUT2D eigenvalue weighted by Gasteiger charge is -2.38. The van der Waals surface area contributed by atoms with Gasteiger partial charge < -0.3 is 26.0 Å². The predicted octanol–water partition coefficient (Wildman–Crippen LogP) is 3.61. The highest BCUT2D eigenvalue weighted by Crippen LogP contribution is 2.32. The molecule has 11 heteroatoms. The Bertz CT molecular complexity index is 1050. The summed E-state index contributed by atoms with van der Waals surface area (Å²) in [7, 11) is 0. The Morgan fingerprint density at radius 1 is 0.971 bits per heavy atom. The minimum Gasteiger partial charge on any atom is -0.481 e. The first-order valence-corrected chi connectivity index (χ1v) is 12.0. The zero-order valence-electron chi connectivity index (χ0n) is 19.4. The van der Waals surface area contributed by atoms with Crippen molar-refractivity contribution in [2.75, 3.05) is 49.5 Å².